The molecule has 0 spiro atoms. The van der Waals surface area contributed by atoms with Crippen LogP contribution in [-0.2, 0) is 14.1 Å². The highest BCUT2D eigenvalue weighted by Crippen LogP contribution is 2.30. The van der Waals surface area contributed by atoms with Crippen LogP contribution >= 0.6 is 0 Å². The summed E-state index contributed by atoms with van der Waals surface area (Å²) in [5, 5.41) is 2.89. The van der Waals surface area contributed by atoms with E-state index in [1.807, 2.05) is 19.0 Å². The number of methoxy groups -OCH3 is 2. The molecule has 1 N–H and O–H groups in total. The first-order valence-corrected chi connectivity index (χ1v) is 9.13. The van der Waals surface area contributed by atoms with Crippen LogP contribution in [0.5, 0.6) is 11.5 Å². The standard InChI is InChI=1S/C21H24N4O5/c1-23(2)16-11-18-17(24(3)20(27)21(28)25(18)4)10-15(16)22-19(26)12-7-13(29-5)9-14(8-12)30-6/h7-11H,1-6H3,(H,22,26). The molecule has 0 radical (unpaired) electrons. The van der Waals surface area contributed by atoms with Crippen molar-refractivity contribution in [2.24, 2.45) is 14.1 Å². The zero-order valence-corrected chi connectivity index (χ0v) is 17.8. The molecule has 30 heavy (non-hydrogen) atoms. The number of aryl methyl sites for hydroxylation is 2. The fourth-order valence-electron chi connectivity index (χ4n) is 3.21. The highest BCUT2D eigenvalue weighted by Gasteiger charge is 2.17. The molecule has 1 aromatic heterocycles. The number of nitrogens with one attached hydrogen (secondary N) is 1. The van der Waals surface area contributed by atoms with Gasteiger partial charge < -0.3 is 28.8 Å². The Morgan fingerprint density at radius 3 is 1.83 bits per heavy atom. The maximum absolute atomic E-state index is 13.0. The molecule has 2 aromatic carbocycles. The molecule has 0 fully saturated rings. The highest BCUT2D eigenvalue weighted by molar-refractivity contribution is 6.07. The molecule has 0 aliphatic heterocycles. The van der Waals surface area contributed by atoms with Crippen LogP contribution in [-0.4, -0.2) is 43.4 Å². The van der Waals surface area contributed by atoms with Crippen LogP contribution in [0.4, 0.5) is 11.4 Å². The number of hydrogen-bond acceptors (Lipinski definition) is 6. The lowest BCUT2D eigenvalue weighted by Gasteiger charge is -2.21. The van der Waals surface area contributed by atoms with E-state index in [2.05, 4.69) is 5.32 Å². The number of nitrogens with zero attached hydrogens (tertiary/aromatic N) is 3. The van der Waals surface area contributed by atoms with Crippen LogP contribution in [0.2, 0.25) is 0 Å². The Morgan fingerprint density at radius 2 is 1.37 bits per heavy atom. The molecule has 3 aromatic rings. The van der Waals surface area contributed by atoms with Gasteiger partial charge in [0.2, 0.25) is 0 Å². The summed E-state index contributed by atoms with van der Waals surface area (Å²) in [6, 6.07) is 8.33. The molecule has 0 unspecified atom stereocenters. The Balaban J connectivity index is 2.16. The molecular formula is C21H24N4O5. The summed E-state index contributed by atoms with van der Waals surface area (Å²) in [4.78, 5) is 39.2. The van der Waals surface area contributed by atoms with Gasteiger partial charge in [-0.3, -0.25) is 14.4 Å². The molecule has 0 bridgehead atoms. The second-order valence-corrected chi connectivity index (χ2v) is 7.04. The van der Waals surface area contributed by atoms with E-state index < -0.39 is 11.1 Å². The average molecular weight is 412 g/mol. The van der Waals surface area contributed by atoms with E-state index in [1.165, 1.54) is 30.4 Å². The number of aromatic nitrogens is 2. The van der Waals surface area contributed by atoms with Gasteiger partial charge >= 0.3 is 11.1 Å². The first kappa shape index (κ1) is 21.0. The van der Waals surface area contributed by atoms with Gasteiger partial charge in [0.15, 0.2) is 0 Å². The first-order valence-electron chi connectivity index (χ1n) is 9.13. The van der Waals surface area contributed by atoms with Crippen molar-refractivity contribution in [2.75, 3.05) is 38.5 Å². The predicted molar refractivity (Wildman–Crippen MR) is 116 cm³/mol. The quantitative estimate of drug-likeness (QED) is 0.640. The Bertz CT molecular complexity index is 1230. The van der Waals surface area contributed by atoms with Crippen molar-refractivity contribution in [3.05, 3.63) is 56.6 Å². The molecule has 3 rings (SSSR count). The monoisotopic (exact) mass is 412 g/mol. The van der Waals surface area contributed by atoms with E-state index in [0.29, 0.717) is 39.5 Å². The van der Waals surface area contributed by atoms with Crippen molar-refractivity contribution in [2.45, 2.75) is 0 Å². The third kappa shape index (κ3) is 3.61. The van der Waals surface area contributed by atoms with Crippen molar-refractivity contribution < 1.29 is 14.3 Å². The lowest BCUT2D eigenvalue weighted by molar-refractivity contribution is 0.102. The fourth-order valence-corrected chi connectivity index (χ4v) is 3.21. The van der Waals surface area contributed by atoms with Gasteiger partial charge in [-0.2, -0.15) is 0 Å². The van der Waals surface area contributed by atoms with Gasteiger partial charge in [-0.15, -0.1) is 0 Å². The van der Waals surface area contributed by atoms with E-state index in [0.717, 1.165) is 0 Å². The van der Waals surface area contributed by atoms with Gasteiger partial charge in [-0.25, -0.2) is 0 Å². The second kappa shape index (κ2) is 7.94. The maximum Gasteiger partial charge on any atom is 0.316 e. The third-order valence-electron chi connectivity index (χ3n) is 4.95. The Labute approximate surface area is 173 Å². The second-order valence-electron chi connectivity index (χ2n) is 7.04. The van der Waals surface area contributed by atoms with Crippen molar-refractivity contribution in [1.82, 2.24) is 9.13 Å². The summed E-state index contributed by atoms with van der Waals surface area (Å²) >= 11 is 0. The number of anilines is 2. The highest BCUT2D eigenvalue weighted by atomic mass is 16.5. The number of hydrogen-bond donors (Lipinski definition) is 1. The van der Waals surface area contributed by atoms with Crippen molar-refractivity contribution in [3.63, 3.8) is 0 Å². The molecule has 158 valence electrons. The van der Waals surface area contributed by atoms with Crippen molar-refractivity contribution in [1.29, 1.82) is 0 Å². The predicted octanol–water partition coefficient (Wildman–Crippen LogP) is 1.57. The van der Waals surface area contributed by atoms with Gasteiger partial charge in [0.25, 0.3) is 5.91 Å². The zero-order chi connectivity index (χ0) is 22.2. The molecule has 0 atom stereocenters. The minimum atomic E-state index is -0.641. The minimum Gasteiger partial charge on any atom is -0.497 e. The van der Waals surface area contributed by atoms with Gasteiger partial charge in [0.1, 0.15) is 11.5 Å². The summed E-state index contributed by atoms with van der Waals surface area (Å²) in [6.45, 7) is 0. The van der Waals surface area contributed by atoms with E-state index in [1.54, 1.807) is 37.4 Å². The van der Waals surface area contributed by atoms with Crippen LogP contribution in [0.1, 0.15) is 10.4 Å². The number of carbonyl (C=O) groups is 1. The average Bonchev–Trinajstić information content (AvgIpc) is 2.75. The smallest absolute Gasteiger partial charge is 0.316 e. The molecule has 1 amide bonds. The first-order chi connectivity index (χ1) is 14.2. The largest absolute Gasteiger partial charge is 0.497 e. The van der Waals surface area contributed by atoms with Gasteiger partial charge in [0.05, 0.1) is 36.6 Å². The SMILES string of the molecule is COc1cc(OC)cc(C(=O)Nc2cc3c(cc2N(C)C)n(C)c(=O)c(=O)n3C)c1. The minimum absolute atomic E-state index is 0.352. The molecule has 9 nitrogen and oxygen atoms in total. The number of rotatable bonds is 5. The zero-order valence-electron chi connectivity index (χ0n) is 17.8. The van der Waals surface area contributed by atoms with Crippen LogP contribution in [0, 0.1) is 0 Å². The summed E-state index contributed by atoms with van der Waals surface area (Å²) in [7, 11) is 9.74. The molecule has 0 saturated heterocycles. The molecule has 0 saturated carbocycles. The number of fused-ring (bicyclic) bond motifs is 1. The summed E-state index contributed by atoms with van der Waals surface area (Å²) < 4.78 is 13.1. The van der Waals surface area contributed by atoms with Gasteiger partial charge in [-0.05, 0) is 24.3 Å². The lowest BCUT2D eigenvalue weighted by Crippen LogP contribution is -2.39. The van der Waals surface area contributed by atoms with Crippen LogP contribution < -0.4 is 30.8 Å². The molecular weight excluding hydrogens is 388 g/mol. The summed E-state index contributed by atoms with van der Waals surface area (Å²) in [5.74, 6) is 0.607. The van der Waals surface area contributed by atoms with Crippen molar-refractivity contribution in [3.8, 4) is 11.5 Å². The number of carbonyl (C=O) groups excluding carboxylic acids is 1. The molecule has 0 aliphatic rings. The maximum atomic E-state index is 13.0. The fraction of sp³-hybridized carbons (Fsp3) is 0.286. The lowest BCUT2D eigenvalue weighted by atomic mass is 10.1. The number of benzene rings is 2. The number of amides is 1. The van der Waals surface area contributed by atoms with Crippen LogP contribution in [0.25, 0.3) is 11.0 Å². The molecule has 9 heteroatoms. The van der Waals surface area contributed by atoms with Crippen LogP contribution in [0.3, 0.4) is 0 Å². The molecule has 0 aliphatic carbocycles. The topological polar surface area (TPSA) is 94.8 Å². The van der Waals surface area contributed by atoms with Gasteiger partial charge in [0, 0.05) is 39.8 Å². The Morgan fingerprint density at radius 1 is 0.867 bits per heavy atom. The number of ether oxygens (including phenoxy) is 2. The van der Waals surface area contributed by atoms with E-state index in [-0.39, 0.29) is 5.91 Å². The van der Waals surface area contributed by atoms with Crippen LogP contribution in [0.15, 0.2) is 39.9 Å². The Hall–Kier alpha value is -3.75. The van der Waals surface area contributed by atoms with E-state index in [9.17, 15) is 14.4 Å². The Kier molecular flexibility index (Phi) is 5.55. The third-order valence-corrected chi connectivity index (χ3v) is 4.95. The normalized spacial score (nSPS) is 10.7. The van der Waals surface area contributed by atoms with Gasteiger partial charge in [-0.1, -0.05) is 0 Å². The van der Waals surface area contributed by atoms with Crippen molar-refractivity contribution >= 4 is 28.3 Å². The van der Waals surface area contributed by atoms with E-state index in [4.69, 9.17) is 9.47 Å². The summed E-state index contributed by atoms with van der Waals surface area (Å²) in [5.41, 5.74) is 1.36. The summed E-state index contributed by atoms with van der Waals surface area (Å²) in [6.07, 6.45) is 0. The van der Waals surface area contributed by atoms with E-state index >= 15 is 0 Å². The molecule has 1 heterocycles.